The van der Waals surface area contributed by atoms with Crippen molar-refractivity contribution in [1.82, 2.24) is 19.7 Å². The molecule has 2 aromatic rings. The highest BCUT2D eigenvalue weighted by Crippen LogP contribution is 2.09. The van der Waals surface area contributed by atoms with Gasteiger partial charge in [-0.15, -0.1) is 10.2 Å². The fraction of sp³-hybridized carbons (Fsp3) is 0.438. The third-order valence-corrected chi connectivity index (χ3v) is 3.48. The normalized spacial score (nSPS) is 10.6. The molecule has 0 aliphatic rings. The van der Waals surface area contributed by atoms with Crippen molar-refractivity contribution in [3.05, 3.63) is 48.0 Å². The first-order chi connectivity index (χ1) is 10.7. The number of aliphatic hydroxyl groups is 1. The van der Waals surface area contributed by atoms with Crippen LogP contribution in [-0.2, 0) is 17.9 Å². The van der Waals surface area contributed by atoms with E-state index in [0.29, 0.717) is 32.5 Å². The number of hydrogen-bond donors (Lipinski definition) is 1. The summed E-state index contributed by atoms with van der Waals surface area (Å²) in [7, 11) is 0. The van der Waals surface area contributed by atoms with Gasteiger partial charge in [-0.3, -0.25) is 4.79 Å². The highest BCUT2D eigenvalue weighted by Gasteiger charge is 2.13. The lowest BCUT2D eigenvalue weighted by molar-refractivity contribution is -0.132. The molecule has 0 radical (unpaired) electrons. The zero-order valence-corrected chi connectivity index (χ0v) is 12.9. The predicted octanol–water partition coefficient (Wildman–Crippen LogP) is 1.39. The third kappa shape index (κ3) is 4.96. The average Bonchev–Trinajstić information content (AvgIpc) is 3.04. The van der Waals surface area contributed by atoms with Gasteiger partial charge >= 0.3 is 0 Å². The average molecular weight is 302 g/mol. The van der Waals surface area contributed by atoms with E-state index in [1.165, 1.54) is 5.56 Å². The second kappa shape index (κ2) is 8.29. The molecule has 0 spiro atoms. The van der Waals surface area contributed by atoms with Crippen LogP contribution >= 0.6 is 0 Å². The molecule has 1 amide bonds. The molecule has 0 aliphatic carbocycles. The Hall–Kier alpha value is -2.21. The second-order valence-corrected chi connectivity index (χ2v) is 5.33. The van der Waals surface area contributed by atoms with Gasteiger partial charge in [0.2, 0.25) is 5.91 Å². The molecule has 0 aliphatic heterocycles. The van der Waals surface area contributed by atoms with Crippen LogP contribution in [0.3, 0.4) is 0 Å². The van der Waals surface area contributed by atoms with Crippen molar-refractivity contribution >= 4 is 5.91 Å². The van der Waals surface area contributed by atoms with Crippen LogP contribution in [0, 0.1) is 6.92 Å². The number of hydrogen-bond acceptors (Lipinski definition) is 4. The van der Waals surface area contributed by atoms with Gasteiger partial charge in [0, 0.05) is 32.7 Å². The topological polar surface area (TPSA) is 71.2 Å². The molecule has 0 atom stereocenters. The van der Waals surface area contributed by atoms with Crippen LogP contribution in [0.2, 0.25) is 0 Å². The summed E-state index contributed by atoms with van der Waals surface area (Å²) in [6.45, 7) is 3.82. The molecular weight excluding hydrogens is 280 g/mol. The number of carbonyl (C=O) groups is 1. The van der Waals surface area contributed by atoms with Crippen LogP contribution < -0.4 is 0 Å². The van der Waals surface area contributed by atoms with Gasteiger partial charge < -0.3 is 14.6 Å². The third-order valence-electron chi connectivity index (χ3n) is 3.48. The SMILES string of the molecule is Cc1ccc(CN(CCCO)C(=O)CCn2cnnc2)cc1. The number of aromatic nitrogens is 3. The van der Waals surface area contributed by atoms with Gasteiger partial charge in [-0.2, -0.15) is 0 Å². The summed E-state index contributed by atoms with van der Waals surface area (Å²) in [5.74, 6) is 0.0720. The van der Waals surface area contributed by atoms with Gasteiger partial charge in [-0.25, -0.2) is 0 Å². The summed E-state index contributed by atoms with van der Waals surface area (Å²) in [4.78, 5) is 14.2. The molecule has 6 heteroatoms. The highest BCUT2D eigenvalue weighted by molar-refractivity contribution is 5.76. The van der Waals surface area contributed by atoms with Crippen molar-refractivity contribution in [2.75, 3.05) is 13.2 Å². The van der Waals surface area contributed by atoms with E-state index >= 15 is 0 Å². The van der Waals surface area contributed by atoms with E-state index in [9.17, 15) is 4.79 Å². The van der Waals surface area contributed by atoms with Crippen molar-refractivity contribution in [2.45, 2.75) is 32.9 Å². The van der Waals surface area contributed by atoms with Gasteiger partial charge in [0.25, 0.3) is 0 Å². The molecule has 1 aromatic heterocycles. The maximum absolute atomic E-state index is 12.4. The summed E-state index contributed by atoms with van der Waals surface area (Å²) in [6.07, 6.45) is 4.19. The number of rotatable bonds is 8. The number of nitrogens with zero attached hydrogens (tertiary/aromatic N) is 4. The Morgan fingerprint density at radius 3 is 2.55 bits per heavy atom. The van der Waals surface area contributed by atoms with Gasteiger partial charge in [-0.1, -0.05) is 29.8 Å². The standard InChI is InChI=1S/C16H22N4O2/c1-14-3-5-15(6-4-14)11-20(8-2-10-21)16(22)7-9-19-12-17-18-13-19/h3-6,12-13,21H,2,7-11H2,1H3. The second-order valence-electron chi connectivity index (χ2n) is 5.33. The predicted molar refractivity (Wildman–Crippen MR) is 82.9 cm³/mol. The quantitative estimate of drug-likeness (QED) is 0.800. The molecule has 0 saturated heterocycles. The minimum atomic E-state index is 0.0720. The molecule has 6 nitrogen and oxygen atoms in total. The molecule has 1 heterocycles. The van der Waals surface area contributed by atoms with Crippen LogP contribution in [0.1, 0.15) is 24.0 Å². The maximum atomic E-state index is 12.4. The van der Waals surface area contributed by atoms with E-state index in [2.05, 4.69) is 10.2 Å². The fourth-order valence-corrected chi connectivity index (χ4v) is 2.19. The number of carbonyl (C=O) groups excluding carboxylic acids is 1. The molecule has 0 bridgehead atoms. The molecule has 118 valence electrons. The smallest absolute Gasteiger partial charge is 0.224 e. The van der Waals surface area contributed by atoms with Gasteiger partial charge in [0.05, 0.1) is 0 Å². The number of benzene rings is 1. The Bertz CT molecular complexity index is 566. The summed E-state index contributed by atoms with van der Waals surface area (Å²) < 4.78 is 1.79. The number of aliphatic hydroxyl groups excluding tert-OH is 1. The maximum Gasteiger partial charge on any atom is 0.224 e. The first-order valence-corrected chi connectivity index (χ1v) is 7.45. The summed E-state index contributed by atoms with van der Waals surface area (Å²) in [5, 5.41) is 16.5. The number of amides is 1. The van der Waals surface area contributed by atoms with E-state index in [-0.39, 0.29) is 12.5 Å². The zero-order valence-electron chi connectivity index (χ0n) is 12.9. The monoisotopic (exact) mass is 302 g/mol. The van der Waals surface area contributed by atoms with Crippen molar-refractivity contribution in [3.8, 4) is 0 Å². The first kappa shape index (κ1) is 16.2. The van der Waals surface area contributed by atoms with Crippen molar-refractivity contribution in [2.24, 2.45) is 0 Å². The minimum Gasteiger partial charge on any atom is -0.396 e. The highest BCUT2D eigenvalue weighted by atomic mass is 16.3. The molecule has 0 unspecified atom stereocenters. The van der Waals surface area contributed by atoms with Gasteiger partial charge in [-0.05, 0) is 18.9 Å². The largest absolute Gasteiger partial charge is 0.396 e. The van der Waals surface area contributed by atoms with E-state index in [1.54, 1.807) is 22.1 Å². The first-order valence-electron chi connectivity index (χ1n) is 7.45. The van der Waals surface area contributed by atoms with Crippen LogP contribution in [0.5, 0.6) is 0 Å². The zero-order chi connectivity index (χ0) is 15.8. The molecule has 1 N–H and O–H groups in total. The van der Waals surface area contributed by atoms with Crippen LogP contribution in [0.4, 0.5) is 0 Å². The van der Waals surface area contributed by atoms with Crippen LogP contribution in [0.15, 0.2) is 36.9 Å². The lowest BCUT2D eigenvalue weighted by atomic mass is 10.1. The molecule has 0 saturated carbocycles. The molecule has 2 rings (SSSR count). The Morgan fingerprint density at radius 1 is 1.23 bits per heavy atom. The van der Waals surface area contributed by atoms with Crippen LogP contribution in [0.25, 0.3) is 0 Å². The Balaban J connectivity index is 1.94. The van der Waals surface area contributed by atoms with E-state index in [0.717, 1.165) is 5.56 Å². The van der Waals surface area contributed by atoms with Gasteiger partial charge in [0.1, 0.15) is 12.7 Å². The van der Waals surface area contributed by atoms with Crippen molar-refractivity contribution < 1.29 is 9.90 Å². The minimum absolute atomic E-state index is 0.0720. The van der Waals surface area contributed by atoms with Gasteiger partial charge in [0.15, 0.2) is 0 Å². The Morgan fingerprint density at radius 2 is 1.91 bits per heavy atom. The fourth-order valence-electron chi connectivity index (χ4n) is 2.19. The molecule has 22 heavy (non-hydrogen) atoms. The molecule has 1 aromatic carbocycles. The van der Waals surface area contributed by atoms with Crippen molar-refractivity contribution in [1.29, 1.82) is 0 Å². The van der Waals surface area contributed by atoms with E-state index in [4.69, 9.17) is 5.11 Å². The van der Waals surface area contributed by atoms with E-state index < -0.39 is 0 Å². The number of aryl methyl sites for hydroxylation is 2. The van der Waals surface area contributed by atoms with E-state index in [1.807, 2.05) is 31.2 Å². The Labute approximate surface area is 130 Å². The summed E-state index contributed by atoms with van der Waals surface area (Å²) in [6, 6.07) is 8.16. The lowest BCUT2D eigenvalue weighted by Gasteiger charge is -2.23. The lowest BCUT2D eigenvalue weighted by Crippen LogP contribution is -2.32. The molecular formula is C16H22N4O2. The Kier molecular flexibility index (Phi) is 6.09. The van der Waals surface area contributed by atoms with Crippen molar-refractivity contribution in [3.63, 3.8) is 0 Å². The summed E-state index contributed by atoms with van der Waals surface area (Å²) >= 11 is 0. The van der Waals surface area contributed by atoms with Crippen LogP contribution in [-0.4, -0.2) is 43.8 Å². The summed E-state index contributed by atoms with van der Waals surface area (Å²) in [5.41, 5.74) is 2.30. The molecule has 0 fully saturated rings.